The number of carbonyl (C=O) groups is 1. The first-order chi connectivity index (χ1) is 7.72. The average Bonchev–Trinajstić information content (AvgIpc) is 2.87. The highest BCUT2D eigenvalue weighted by atomic mass is 16.3. The molecule has 0 spiro atoms. The third-order valence-electron chi connectivity index (χ3n) is 3.03. The van der Waals surface area contributed by atoms with E-state index in [0.717, 1.165) is 31.7 Å². The van der Waals surface area contributed by atoms with Crippen LogP contribution in [-0.2, 0) is 0 Å². The molecule has 0 bridgehead atoms. The van der Waals surface area contributed by atoms with Crippen molar-refractivity contribution < 1.29 is 9.21 Å². The van der Waals surface area contributed by atoms with Gasteiger partial charge in [0.15, 0.2) is 5.76 Å². The van der Waals surface area contributed by atoms with Gasteiger partial charge >= 0.3 is 0 Å². The Bertz CT molecular complexity index is 373. The fourth-order valence-electron chi connectivity index (χ4n) is 2.24. The van der Waals surface area contributed by atoms with Gasteiger partial charge in [0.25, 0.3) is 5.91 Å². The number of hydrogen-bond donors (Lipinski definition) is 1. The van der Waals surface area contributed by atoms with Crippen LogP contribution in [0.15, 0.2) is 16.5 Å². The second-order valence-electron chi connectivity index (χ2n) is 4.26. The Labute approximate surface area is 95.6 Å². The maximum atomic E-state index is 12.1. The molecule has 16 heavy (non-hydrogen) atoms. The fraction of sp³-hybridized carbons (Fsp3) is 0.583. The predicted octanol–water partition coefficient (Wildman–Crippen LogP) is 1.41. The van der Waals surface area contributed by atoms with Gasteiger partial charge in [0, 0.05) is 19.1 Å². The van der Waals surface area contributed by atoms with Crippen LogP contribution in [0.25, 0.3) is 0 Å². The van der Waals surface area contributed by atoms with Crippen LogP contribution in [0.5, 0.6) is 0 Å². The van der Waals surface area contributed by atoms with Crippen molar-refractivity contribution in [3.05, 3.63) is 23.7 Å². The SMILES string of the molecule is CNCC1CCCN1C(=O)c1ccc(C)o1. The van der Waals surface area contributed by atoms with Gasteiger partial charge in [-0.05, 0) is 38.9 Å². The molecule has 1 aromatic rings. The Morgan fingerprint density at radius 1 is 1.62 bits per heavy atom. The first-order valence-electron chi connectivity index (χ1n) is 5.74. The number of likely N-dealkylation sites (tertiary alicyclic amines) is 1. The summed E-state index contributed by atoms with van der Waals surface area (Å²) in [5, 5.41) is 3.13. The molecule has 1 aromatic heterocycles. The van der Waals surface area contributed by atoms with E-state index in [0.29, 0.717) is 11.8 Å². The number of hydrogen-bond acceptors (Lipinski definition) is 3. The predicted molar refractivity (Wildman–Crippen MR) is 61.4 cm³/mol. The first kappa shape index (κ1) is 11.2. The molecular formula is C12H18N2O2. The maximum Gasteiger partial charge on any atom is 0.289 e. The summed E-state index contributed by atoms with van der Waals surface area (Å²) in [6, 6.07) is 3.89. The second kappa shape index (κ2) is 4.70. The van der Waals surface area contributed by atoms with Crippen molar-refractivity contribution in [3.63, 3.8) is 0 Å². The van der Waals surface area contributed by atoms with Crippen LogP contribution in [0, 0.1) is 6.92 Å². The van der Waals surface area contributed by atoms with Gasteiger partial charge in [-0.15, -0.1) is 0 Å². The standard InChI is InChI=1S/C12H18N2O2/c1-9-5-6-11(16-9)12(15)14-7-3-4-10(14)8-13-2/h5-6,10,13H,3-4,7-8H2,1-2H3. The van der Waals surface area contributed by atoms with Crippen LogP contribution in [-0.4, -0.2) is 37.0 Å². The summed E-state index contributed by atoms with van der Waals surface area (Å²) in [6.45, 7) is 3.54. The molecule has 1 atom stereocenters. The summed E-state index contributed by atoms with van der Waals surface area (Å²) >= 11 is 0. The van der Waals surface area contributed by atoms with Crippen LogP contribution in [0.4, 0.5) is 0 Å². The molecule has 0 aliphatic carbocycles. The second-order valence-corrected chi connectivity index (χ2v) is 4.26. The van der Waals surface area contributed by atoms with Gasteiger partial charge in [-0.25, -0.2) is 0 Å². The van der Waals surface area contributed by atoms with Crippen LogP contribution in [0.1, 0.15) is 29.2 Å². The van der Waals surface area contributed by atoms with Crippen molar-refractivity contribution in [2.24, 2.45) is 0 Å². The van der Waals surface area contributed by atoms with Crippen LogP contribution < -0.4 is 5.32 Å². The van der Waals surface area contributed by atoms with E-state index in [1.165, 1.54) is 0 Å². The lowest BCUT2D eigenvalue weighted by molar-refractivity contribution is 0.0703. The van der Waals surface area contributed by atoms with E-state index in [4.69, 9.17) is 4.42 Å². The minimum absolute atomic E-state index is 0.0193. The van der Waals surface area contributed by atoms with Crippen molar-refractivity contribution in [2.45, 2.75) is 25.8 Å². The van der Waals surface area contributed by atoms with Gasteiger partial charge in [-0.3, -0.25) is 4.79 Å². The Balaban J connectivity index is 2.09. The third kappa shape index (κ3) is 2.11. The Morgan fingerprint density at radius 2 is 2.44 bits per heavy atom. The van der Waals surface area contributed by atoms with E-state index in [9.17, 15) is 4.79 Å². The first-order valence-corrected chi connectivity index (χ1v) is 5.74. The summed E-state index contributed by atoms with van der Waals surface area (Å²) in [5.41, 5.74) is 0. The van der Waals surface area contributed by atoms with Crippen molar-refractivity contribution in [1.29, 1.82) is 0 Å². The molecular weight excluding hydrogens is 204 g/mol. The molecule has 0 radical (unpaired) electrons. The van der Waals surface area contributed by atoms with E-state index in [-0.39, 0.29) is 5.91 Å². The van der Waals surface area contributed by atoms with E-state index >= 15 is 0 Å². The lowest BCUT2D eigenvalue weighted by Crippen LogP contribution is -2.40. The molecule has 2 rings (SSSR count). The van der Waals surface area contributed by atoms with Gasteiger partial charge < -0.3 is 14.6 Å². The van der Waals surface area contributed by atoms with Gasteiger partial charge in [0.05, 0.1) is 0 Å². The number of nitrogens with one attached hydrogen (secondary N) is 1. The number of furan rings is 1. The molecule has 1 unspecified atom stereocenters. The van der Waals surface area contributed by atoms with E-state index in [2.05, 4.69) is 5.32 Å². The minimum atomic E-state index is 0.0193. The van der Waals surface area contributed by atoms with Crippen molar-refractivity contribution in [3.8, 4) is 0 Å². The lowest BCUT2D eigenvalue weighted by atomic mass is 10.2. The summed E-state index contributed by atoms with van der Waals surface area (Å²) < 4.78 is 5.37. The summed E-state index contributed by atoms with van der Waals surface area (Å²) in [5.74, 6) is 1.26. The van der Waals surface area contributed by atoms with E-state index in [1.54, 1.807) is 6.07 Å². The molecule has 1 fully saturated rings. The average molecular weight is 222 g/mol. The molecule has 1 saturated heterocycles. The van der Waals surface area contributed by atoms with Crippen LogP contribution in [0.2, 0.25) is 0 Å². The largest absolute Gasteiger partial charge is 0.456 e. The smallest absolute Gasteiger partial charge is 0.289 e. The Kier molecular flexibility index (Phi) is 3.29. The third-order valence-corrected chi connectivity index (χ3v) is 3.03. The fourth-order valence-corrected chi connectivity index (χ4v) is 2.24. The lowest BCUT2D eigenvalue weighted by Gasteiger charge is -2.23. The number of carbonyl (C=O) groups excluding carboxylic acids is 1. The highest BCUT2D eigenvalue weighted by Gasteiger charge is 2.30. The zero-order chi connectivity index (χ0) is 11.5. The highest BCUT2D eigenvalue weighted by Crippen LogP contribution is 2.20. The van der Waals surface area contributed by atoms with Gasteiger partial charge in [-0.2, -0.15) is 0 Å². The number of rotatable bonds is 3. The number of aryl methyl sites for hydroxylation is 1. The minimum Gasteiger partial charge on any atom is -0.456 e. The number of nitrogens with zero attached hydrogens (tertiary/aromatic N) is 1. The molecule has 4 heteroatoms. The Hall–Kier alpha value is -1.29. The van der Waals surface area contributed by atoms with Gasteiger partial charge in [-0.1, -0.05) is 0 Å². The molecule has 2 heterocycles. The van der Waals surface area contributed by atoms with Gasteiger partial charge in [0.2, 0.25) is 0 Å². The van der Waals surface area contributed by atoms with E-state index < -0.39 is 0 Å². The molecule has 1 N–H and O–H groups in total. The zero-order valence-corrected chi connectivity index (χ0v) is 9.82. The molecule has 0 aromatic carbocycles. The maximum absolute atomic E-state index is 12.1. The zero-order valence-electron chi connectivity index (χ0n) is 9.82. The van der Waals surface area contributed by atoms with E-state index in [1.807, 2.05) is 24.9 Å². The highest BCUT2D eigenvalue weighted by molar-refractivity contribution is 5.92. The van der Waals surface area contributed by atoms with Crippen LogP contribution >= 0.6 is 0 Å². The monoisotopic (exact) mass is 222 g/mol. The van der Waals surface area contributed by atoms with Crippen LogP contribution in [0.3, 0.4) is 0 Å². The van der Waals surface area contributed by atoms with Crippen molar-refractivity contribution >= 4 is 5.91 Å². The summed E-state index contributed by atoms with van der Waals surface area (Å²) in [6.07, 6.45) is 2.16. The summed E-state index contributed by atoms with van der Waals surface area (Å²) in [7, 11) is 1.91. The summed E-state index contributed by atoms with van der Waals surface area (Å²) in [4.78, 5) is 14.1. The van der Waals surface area contributed by atoms with Gasteiger partial charge in [0.1, 0.15) is 5.76 Å². The van der Waals surface area contributed by atoms with Crippen molar-refractivity contribution in [2.75, 3.05) is 20.1 Å². The molecule has 1 aliphatic heterocycles. The van der Waals surface area contributed by atoms with Crippen molar-refractivity contribution in [1.82, 2.24) is 10.2 Å². The quantitative estimate of drug-likeness (QED) is 0.841. The molecule has 1 amide bonds. The normalized spacial score (nSPS) is 20.4. The topological polar surface area (TPSA) is 45.5 Å². The Morgan fingerprint density at radius 3 is 3.06 bits per heavy atom. The molecule has 4 nitrogen and oxygen atoms in total. The molecule has 1 aliphatic rings. The number of likely N-dealkylation sites (N-methyl/N-ethyl adjacent to an activating group) is 1. The molecule has 0 saturated carbocycles. The number of amides is 1. The molecule has 88 valence electrons.